The smallest absolute Gasteiger partial charge is 0.227 e. The largest absolute Gasteiger partial charge is 0.328 e. The summed E-state index contributed by atoms with van der Waals surface area (Å²) in [6, 6.07) is 8.35. The van der Waals surface area contributed by atoms with E-state index in [4.69, 9.17) is 5.73 Å². The predicted molar refractivity (Wildman–Crippen MR) is 74.6 cm³/mol. The molecule has 1 aromatic carbocycles. The fraction of sp³-hybridized carbons (Fsp3) is 0.533. The van der Waals surface area contributed by atoms with Crippen molar-refractivity contribution in [2.75, 3.05) is 11.4 Å². The van der Waals surface area contributed by atoms with Crippen LogP contribution in [0.25, 0.3) is 0 Å². The summed E-state index contributed by atoms with van der Waals surface area (Å²) >= 11 is 0. The van der Waals surface area contributed by atoms with Crippen LogP contribution in [0.5, 0.6) is 0 Å². The first-order valence-corrected chi connectivity index (χ1v) is 6.82. The van der Waals surface area contributed by atoms with E-state index in [9.17, 15) is 4.79 Å². The molecule has 0 radical (unpaired) electrons. The molecule has 1 aliphatic heterocycles. The van der Waals surface area contributed by atoms with Crippen LogP contribution in [0.15, 0.2) is 24.3 Å². The number of carbonyl (C=O) groups is 1. The number of nitrogens with two attached hydrogens (primary N) is 1. The van der Waals surface area contributed by atoms with Crippen LogP contribution in [0.3, 0.4) is 0 Å². The summed E-state index contributed by atoms with van der Waals surface area (Å²) in [5.41, 5.74) is 8.12. The van der Waals surface area contributed by atoms with Crippen molar-refractivity contribution in [3.05, 3.63) is 29.8 Å². The first kappa shape index (κ1) is 13.1. The van der Waals surface area contributed by atoms with Crippen LogP contribution in [0.1, 0.15) is 38.2 Å². The Hall–Kier alpha value is -1.35. The fourth-order valence-electron chi connectivity index (χ4n) is 2.44. The Morgan fingerprint density at radius 1 is 1.39 bits per heavy atom. The standard InChI is InChI=1S/C15H22N2O/c1-12(16)9-10-15(18)17-11-5-4-7-13-6-2-3-8-14(13)17/h2-3,6,8,12H,4-5,7,9-11,16H2,1H3. The third-order valence-electron chi connectivity index (χ3n) is 3.47. The Labute approximate surface area is 109 Å². The molecule has 1 heterocycles. The highest BCUT2D eigenvalue weighted by Gasteiger charge is 2.20. The zero-order valence-electron chi connectivity index (χ0n) is 11.1. The van der Waals surface area contributed by atoms with Gasteiger partial charge in [0.2, 0.25) is 5.91 Å². The summed E-state index contributed by atoms with van der Waals surface area (Å²) < 4.78 is 0. The zero-order valence-corrected chi connectivity index (χ0v) is 11.1. The molecule has 1 aliphatic rings. The number of anilines is 1. The average molecular weight is 246 g/mol. The van der Waals surface area contributed by atoms with Crippen molar-refractivity contribution >= 4 is 11.6 Å². The van der Waals surface area contributed by atoms with Crippen molar-refractivity contribution in [3.63, 3.8) is 0 Å². The summed E-state index contributed by atoms with van der Waals surface area (Å²) in [4.78, 5) is 14.2. The topological polar surface area (TPSA) is 46.3 Å². The molecule has 1 atom stereocenters. The number of aryl methyl sites for hydroxylation is 1. The van der Waals surface area contributed by atoms with Crippen molar-refractivity contribution < 1.29 is 4.79 Å². The lowest BCUT2D eigenvalue weighted by Gasteiger charge is -2.23. The van der Waals surface area contributed by atoms with Gasteiger partial charge in [0, 0.05) is 24.7 Å². The summed E-state index contributed by atoms with van der Waals surface area (Å²) in [7, 11) is 0. The quantitative estimate of drug-likeness (QED) is 0.890. The number of benzene rings is 1. The van der Waals surface area contributed by atoms with Crippen LogP contribution in [0.4, 0.5) is 5.69 Å². The highest BCUT2D eigenvalue weighted by molar-refractivity contribution is 5.94. The van der Waals surface area contributed by atoms with Crippen molar-refractivity contribution in [1.82, 2.24) is 0 Å². The number of rotatable bonds is 3. The monoisotopic (exact) mass is 246 g/mol. The normalized spacial score (nSPS) is 16.9. The molecule has 0 saturated heterocycles. The molecule has 18 heavy (non-hydrogen) atoms. The number of para-hydroxylation sites is 1. The number of nitrogens with zero attached hydrogens (tertiary/aromatic N) is 1. The van der Waals surface area contributed by atoms with E-state index in [1.165, 1.54) is 5.56 Å². The number of amides is 1. The molecule has 3 nitrogen and oxygen atoms in total. The Morgan fingerprint density at radius 2 is 2.17 bits per heavy atom. The molecule has 3 heteroatoms. The Bertz CT molecular complexity index is 415. The van der Waals surface area contributed by atoms with Gasteiger partial charge in [0.15, 0.2) is 0 Å². The van der Waals surface area contributed by atoms with Gasteiger partial charge in [-0.1, -0.05) is 18.2 Å². The summed E-state index contributed by atoms with van der Waals surface area (Å²) in [6.07, 6.45) is 4.63. The lowest BCUT2D eigenvalue weighted by Crippen LogP contribution is -2.32. The van der Waals surface area contributed by atoms with Crippen LogP contribution in [0, 0.1) is 0 Å². The average Bonchev–Trinajstić information content (AvgIpc) is 2.58. The molecule has 0 fully saturated rings. The predicted octanol–water partition coefficient (Wildman–Crippen LogP) is 2.48. The van der Waals surface area contributed by atoms with Crippen LogP contribution in [-0.2, 0) is 11.2 Å². The maximum absolute atomic E-state index is 12.3. The minimum atomic E-state index is 0.0937. The van der Waals surface area contributed by atoms with Crippen LogP contribution in [-0.4, -0.2) is 18.5 Å². The molecule has 0 bridgehead atoms. The highest BCUT2D eigenvalue weighted by Crippen LogP contribution is 2.26. The number of hydrogen-bond acceptors (Lipinski definition) is 2. The van der Waals surface area contributed by atoms with Gasteiger partial charge in [-0.25, -0.2) is 0 Å². The van der Waals surface area contributed by atoms with Gasteiger partial charge in [-0.05, 0) is 44.2 Å². The minimum Gasteiger partial charge on any atom is -0.328 e. The molecule has 2 rings (SSSR count). The van der Waals surface area contributed by atoms with E-state index in [0.717, 1.165) is 37.9 Å². The van der Waals surface area contributed by atoms with E-state index < -0.39 is 0 Å². The zero-order chi connectivity index (χ0) is 13.0. The third kappa shape index (κ3) is 3.10. The van der Waals surface area contributed by atoms with Gasteiger partial charge in [0.05, 0.1) is 0 Å². The van der Waals surface area contributed by atoms with Crippen LogP contribution in [0.2, 0.25) is 0 Å². The molecule has 1 amide bonds. The second-order valence-corrected chi connectivity index (χ2v) is 5.15. The van der Waals surface area contributed by atoms with Crippen LogP contribution < -0.4 is 10.6 Å². The van der Waals surface area contributed by atoms with E-state index in [1.54, 1.807) is 0 Å². The van der Waals surface area contributed by atoms with Crippen molar-refractivity contribution in [3.8, 4) is 0 Å². The Balaban J connectivity index is 2.14. The van der Waals surface area contributed by atoms with E-state index in [1.807, 2.05) is 17.9 Å². The molecule has 1 unspecified atom stereocenters. The second kappa shape index (κ2) is 6.01. The molecule has 0 aliphatic carbocycles. The van der Waals surface area contributed by atoms with Crippen molar-refractivity contribution in [2.45, 2.75) is 45.1 Å². The van der Waals surface area contributed by atoms with Gasteiger partial charge in [0.25, 0.3) is 0 Å². The van der Waals surface area contributed by atoms with Crippen molar-refractivity contribution in [2.24, 2.45) is 5.73 Å². The first-order valence-electron chi connectivity index (χ1n) is 6.82. The number of hydrogen-bond donors (Lipinski definition) is 1. The minimum absolute atomic E-state index is 0.0937. The molecule has 2 N–H and O–H groups in total. The Morgan fingerprint density at radius 3 is 2.94 bits per heavy atom. The van der Waals surface area contributed by atoms with Gasteiger partial charge in [-0.15, -0.1) is 0 Å². The fourth-order valence-corrected chi connectivity index (χ4v) is 2.44. The van der Waals surface area contributed by atoms with Crippen LogP contribution >= 0.6 is 0 Å². The molecular weight excluding hydrogens is 224 g/mol. The lowest BCUT2D eigenvalue weighted by molar-refractivity contribution is -0.118. The van der Waals surface area contributed by atoms with Gasteiger partial charge in [-0.2, -0.15) is 0 Å². The van der Waals surface area contributed by atoms with Gasteiger partial charge < -0.3 is 10.6 Å². The van der Waals surface area contributed by atoms with E-state index in [-0.39, 0.29) is 11.9 Å². The summed E-state index contributed by atoms with van der Waals surface area (Å²) in [6.45, 7) is 2.79. The van der Waals surface area contributed by atoms with E-state index in [2.05, 4.69) is 18.2 Å². The molecular formula is C15H22N2O. The number of carbonyl (C=O) groups excluding carboxylic acids is 1. The first-order chi connectivity index (χ1) is 8.68. The Kier molecular flexibility index (Phi) is 4.37. The lowest BCUT2D eigenvalue weighted by atomic mass is 10.1. The maximum Gasteiger partial charge on any atom is 0.227 e. The van der Waals surface area contributed by atoms with E-state index in [0.29, 0.717) is 6.42 Å². The highest BCUT2D eigenvalue weighted by atomic mass is 16.2. The second-order valence-electron chi connectivity index (χ2n) is 5.15. The molecule has 0 saturated carbocycles. The van der Waals surface area contributed by atoms with Crippen molar-refractivity contribution in [1.29, 1.82) is 0 Å². The molecule has 0 aromatic heterocycles. The molecule has 1 aromatic rings. The van der Waals surface area contributed by atoms with E-state index >= 15 is 0 Å². The summed E-state index contributed by atoms with van der Waals surface area (Å²) in [5, 5.41) is 0. The SMILES string of the molecule is CC(N)CCC(=O)N1CCCCc2ccccc21. The molecule has 98 valence electrons. The van der Waals surface area contributed by atoms with Gasteiger partial charge in [-0.3, -0.25) is 4.79 Å². The molecule has 0 spiro atoms. The van der Waals surface area contributed by atoms with Gasteiger partial charge >= 0.3 is 0 Å². The van der Waals surface area contributed by atoms with Gasteiger partial charge in [0.1, 0.15) is 0 Å². The third-order valence-corrected chi connectivity index (χ3v) is 3.47. The maximum atomic E-state index is 12.3. The summed E-state index contributed by atoms with van der Waals surface area (Å²) in [5.74, 6) is 0.210. The number of fused-ring (bicyclic) bond motifs is 1.